The second kappa shape index (κ2) is 6.65. The molecule has 0 saturated heterocycles. The number of fused-ring (bicyclic) bond motifs is 1. The van der Waals surface area contributed by atoms with Crippen LogP contribution in [0.4, 0.5) is 0 Å². The molecular weight excluding hydrogens is 333 g/mol. The molecular formula is C18H15Cl2NO2. The summed E-state index contributed by atoms with van der Waals surface area (Å²) in [6, 6.07) is 13.4. The lowest BCUT2D eigenvalue weighted by molar-refractivity contribution is 0.0519. The molecule has 3 rings (SSSR count). The minimum Gasteiger partial charge on any atom is -0.461 e. The van der Waals surface area contributed by atoms with Gasteiger partial charge in [0.1, 0.15) is 5.69 Å². The van der Waals surface area contributed by atoms with Gasteiger partial charge in [0.15, 0.2) is 0 Å². The first-order valence-corrected chi connectivity index (χ1v) is 8.06. The molecule has 1 heterocycles. The van der Waals surface area contributed by atoms with Crippen LogP contribution in [-0.2, 0) is 11.2 Å². The van der Waals surface area contributed by atoms with Gasteiger partial charge in [-0.25, -0.2) is 4.79 Å². The fourth-order valence-electron chi connectivity index (χ4n) is 2.63. The van der Waals surface area contributed by atoms with Gasteiger partial charge in [0.25, 0.3) is 0 Å². The smallest absolute Gasteiger partial charge is 0.355 e. The molecule has 3 nitrogen and oxygen atoms in total. The van der Waals surface area contributed by atoms with E-state index >= 15 is 0 Å². The Labute approximate surface area is 144 Å². The summed E-state index contributed by atoms with van der Waals surface area (Å²) in [6.45, 7) is 2.09. The second-order valence-corrected chi connectivity index (χ2v) is 6.02. The average Bonchev–Trinajstić information content (AvgIpc) is 2.88. The third-order valence-electron chi connectivity index (χ3n) is 3.64. The number of carbonyl (C=O) groups excluding carboxylic acids is 1. The lowest BCUT2D eigenvalue weighted by Gasteiger charge is -2.05. The molecule has 23 heavy (non-hydrogen) atoms. The van der Waals surface area contributed by atoms with Gasteiger partial charge in [0.05, 0.1) is 17.1 Å². The summed E-state index contributed by atoms with van der Waals surface area (Å²) in [5.74, 6) is -0.387. The van der Waals surface area contributed by atoms with Crippen molar-refractivity contribution in [1.82, 2.24) is 4.98 Å². The largest absolute Gasteiger partial charge is 0.461 e. The Morgan fingerprint density at radius 1 is 1.17 bits per heavy atom. The Bertz CT molecular complexity index is 856. The molecule has 3 aromatic rings. The summed E-state index contributed by atoms with van der Waals surface area (Å²) in [6.07, 6.45) is 0.589. The van der Waals surface area contributed by atoms with Crippen LogP contribution in [-0.4, -0.2) is 17.6 Å². The standard InChI is InChI=1S/C18H15Cl2NO2/c1-2-23-18(22)17-13(8-11-6-4-3-5-7-11)14-9-12(19)10-15(20)16(14)21-17/h3-7,9-10,21H,2,8H2,1H3. The molecule has 0 amide bonds. The first-order valence-electron chi connectivity index (χ1n) is 7.30. The molecule has 5 heteroatoms. The normalized spacial score (nSPS) is 10.9. The number of carbonyl (C=O) groups is 1. The van der Waals surface area contributed by atoms with Crippen LogP contribution in [0, 0.1) is 0 Å². The molecule has 118 valence electrons. The molecule has 0 aliphatic carbocycles. The molecule has 0 saturated carbocycles. The van der Waals surface area contributed by atoms with E-state index in [0.29, 0.717) is 34.3 Å². The highest BCUT2D eigenvalue weighted by Crippen LogP contribution is 2.33. The summed E-state index contributed by atoms with van der Waals surface area (Å²) < 4.78 is 5.16. The van der Waals surface area contributed by atoms with Gasteiger partial charge in [0.2, 0.25) is 0 Å². The first-order chi connectivity index (χ1) is 11.1. The van der Waals surface area contributed by atoms with E-state index in [0.717, 1.165) is 16.5 Å². The topological polar surface area (TPSA) is 42.1 Å². The number of benzene rings is 2. The maximum absolute atomic E-state index is 12.3. The van der Waals surface area contributed by atoms with Crippen LogP contribution >= 0.6 is 23.2 Å². The average molecular weight is 348 g/mol. The van der Waals surface area contributed by atoms with E-state index in [1.807, 2.05) is 36.4 Å². The zero-order valence-electron chi connectivity index (χ0n) is 12.5. The van der Waals surface area contributed by atoms with Crippen LogP contribution in [0.3, 0.4) is 0 Å². The molecule has 0 spiro atoms. The summed E-state index contributed by atoms with van der Waals surface area (Å²) in [4.78, 5) is 15.4. The van der Waals surface area contributed by atoms with Crippen molar-refractivity contribution >= 4 is 40.1 Å². The summed E-state index contributed by atoms with van der Waals surface area (Å²) in [5, 5.41) is 1.86. The minimum absolute atomic E-state index is 0.313. The number of aromatic amines is 1. The Morgan fingerprint density at radius 3 is 2.61 bits per heavy atom. The summed E-state index contributed by atoms with van der Waals surface area (Å²) >= 11 is 12.4. The maximum atomic E-state index is 12.3. The van der Waals surface area contributed by atoms with Crippen LogP contribution in [0.15, 0.2) is 42.5 Å². The highest BCUT2D eigenvalue weighted by molar-refractivity contribution is 6.38. The fraction of sp³-hybridized carbons (Fsp3) is 0.167. The van der Waals surface area contributed by atoms with Gasteiger partial charge in [-0.1, -0.05) is 53.5 Å². The first kappa shape index (κ1) is 15.9. The lowest BCUT2D eigenvalue weighted by Crippen LogP contribution is -2.08. The van der Waals surface area contributed by atoms with Crippen molar-refractivity contribution in [3.8, 4) is 0 Å². The van der Waals surface area contributed by atoms with Gasteiger partial charge < -0.3 is 9.72 Å². The number of hydrogen-bond acceptors (Lipinski definition) is 2. The SMILES string of the molecule is CCOC(=O)c1[nH]c2c(Cl)cc(Cl)cc2c1Cc1ccccc1. The van der Waals surface area contributed by atoms with Crippen molar-refractivity contribution < 1.29 is 9.53 Å². The minimum atomic E-state index is -0.387. The van der Waals surface area contributed by atoms with E-state index in [-0.39, 0.29) is 5.97 Å². The van der Waals surface area contributed by atoms with E-state index in [4.69, 9.17) is 27.9 Å². The molecule has 0 aliphatic rings. The van der Waals surface area contributed by atoms with Crippen molar-refractivity contribution in [3.63, 3.8) is 0 Å². The Kier molecular flexibility index (Phi) is 4.60. The third-order valence-corrected chi connectivity index (χ3v) is 4.15. The van der Waals surface area contributed by atoms with Gasteiger partial charge >= 0.3 is 5.97 Å². The van der Waals surface area contributed by atoms with Crippen molar-refractivity contribution in [2.24, 2.45) is 0 Å². The number of nitrogens with one attached hydrogen (secondary N) is 1. The van der Waals surface area contributed by atoms with Crippen LogP contribution in [0.1, 0.15) is 28.5 Å². The lowest BCUT2D eigenvalue weighted by atomic mass is 10.0. The van der Waals surface area contributed by atoms with Gasteiger partial charge in [-0.2, -0.15) is 0 Å². The van der Waals surface area contributed by atoms with E-state index in [9.17, 15) is 4.79 Å². The number of aromatic nitrogens is 1. The zero-order valence-corrected chi connectivity index (χ0v) is 14.0. The Hall–Kier alpha value is -1.97. The van der Waals surface area contributed by atoms with Crippen LogP contribution in [0.25, 0.3) is 10.9 Å². The van der Waals surface area contributed by atoms with Crippen LogP contribution in [0.2, 0.25) is 10.0 Å². The molecule has 0 aliphatic heterocycles. The number of rotatable bonds is 4. The summed E-state index contributed by atoms with van der Waals surface area (Å²) in [5.41, 5.74) is 3.06. The van der Waals surface area contributed by atoms with Gasteiger partial charge in [-0.05, 0) is 30.2 Å². The second-order valence-electron chi connectivity index (χ2n) is 5.17. The van der Waals surface area contributed by atoms with E-state index in [1.165, 1.54) is 0 Å². The Morgan fingerprint density at radius 2 is 1.91 bits per heavy atom. The number of ether oxygens (including phenoxy) is 1. The number of esters is 1. The highest BCUT2D eigenvalue weighted by Gasteiger charge is 2.20. The number of H-pyrrole nitrogens is 1. The van der Waals surface area contributed by atoms with Crippen LogP contribution in [0.5, 0.6) is 0 Å². The quantitative estimate of drug-likeness (QED) is 0.655. The molecule has 1 aromatic heterocycles. The van der Waals surface area contributed by atoms with Crippen molar-refractivity contribution in [1.29, 1.82) is 0 Å². The van der Waals surface area contributed by atoms with Crippen molar-refractivity contribution in [2.75, 3.05) is 6.61 Å². The molecule has 0 unspecified atom stereocenters. The molecule has 0 atom stereocenters. The van der Waals surface area contributed by atoms with Gasteiger partial charge in [0, 0.05) is 16.8 Å². The maximum Gasteiger partial charge on any atom is 0.355 e. The number of halogens is 2. The molecule has 2 aromatic carbocycles. The number of hydrogen-bond donors (Lipinski definition) is 1. The molecule has 0 fully saturated rings. The van der Waals surface area contributed by atoms with E-state index in [1.54, 1.807) is 13.0 Å². The molecule has 0 bridgehead atoms. The van der Waals surface area contributed by atoms with Crippen molar-refractivity contribution in [3.05, 3.63) is 69.3 Å². The third kappa shape index (κ3) is 3.21. The van der Waals surface area contributed by atoms with Crippen molar-refractivity contribution in [2.45, 2.75) is 13.3 Å². The van der Waals surface area contributed by atoms with Crippen LogP contribution < -0.4 is 0 Å². The Balaban J connectivity index is 2.18. The zero-order chi connectivity index (χ0) is 16.4. The fourth-order valence-corrected chi connectivity index (χ4v) is 3.18. The van der Waals surface area contributed by atoms with E-state index < -0.39 is 0 Å². The highest BCUT2D eigenvalue weighted by atomic mass is 35.5. The monoisotopic (exact) mass is 347 g/mol. The predicted molar refractivity (Wildman–Crippen MR) is 93.5 cm³/mol. The van der Waals surface area contributed by atoms with Gasteiger partial charge in [-0.3, -0.25) is 0 Å². The van der Waals surface area contributed by atoms with E-state index in [2.05, 4.69) is 4.98 Å². The molecule has 1 N–H and O–H groups in total. The predicted octanol–water partition coefficient (Wildman–Crippen LogP) is 5.24. The van der Waals surface area contributed by atoms with Gasteiger partial charge in [-0.15, -0.1) is 0 Å². The molecule has 0 radical (unpaired) electrons. The summed E-state index contributed by atoms with van der Waals surface area (Å²) in [7, 11) is 0.